The topological polar surface area (TPSA) is 81.2 Å². The molecule has 1 N–H and O–H groups in total. The van der Waals surface area contributed by atoms with Crippen molar-refractivity contribution in [1.82, 2.24) is 9.97 Å². The molecule has 4 rings (SSSR count). The highest BCUT2D eigenvalue weighted by atomic mass is 16.5. The number of para-hydroxylation sites is 2. The van der Waals surface area contributed by atoms with E-state index >= 15 is 0 Å². The Balaban J connectivity index is 1.44. The van der Waals surface area contributed by atoms with E-state index in [2.05, 4.69) is 15.3 Å². The molecule has 138 valence electrons. The number of esters is 1. The molecule has 4 aromatic rings. The van der Waals surface area contributed by atoms with Crippen molar-refractivity contribution in [2.45, 2.75) is 13.0 Å². The molecule has 0 bridgehead atoms. The molecule has 3 aromatic carbocycles. The monoisotopic (exact) mass is 371 g/mol. The normalized spacial score (nSPS) is 11.9. The van der Waals surface area contributed by atoms with Gasteiger partial charge in [0.15, 0.2) is 11.8 Å². The number of benzene rings is 3. The molecule has 0 fully saturated rings. The second-order valence-corrected chi connectivity index (χ2v) is 6.34. The second-order valence-electron chi connectivity index (χ2n) is 6.34. The van der Waals surface area contributed by atoms with E-state index in [1.807, 2.05) is 54.6 Å². The van der Waals surface area contributed by atoms with Crippen LogP contribution in [0.25, 0.3) is 21.8 Å². The summed E-state index contributed by atoms with van der Waals surface area (Å²) in [5, 5.41) is 4.86. The number of fused-ring (bicyclic) bond motifs is 2. The molecule has 28 heavy (non-hydrogen) atoms. The molecule has 1 heterocycles. The molecule has 0 saturated carbocycles. The van der Waals surface area contributed by atoms with Gasteiger partial charge in [0.1, 0.15) is 0 Å². The molecule has 0 aliphatic carbocycles. The Kier molecular flexibility index (Phi) is 4.68. The Bertz CT molecular complexity index is 1190. The minimum atomic E-state index is -0.979. The molecule has 1 aromatic heterocycles. The minimum Gasteiger partial charge on any atom is -0.448 e. The van der Waals surface area contributed by atoms with Crippen LogP contribution in [0, 0.1) is 0 Å². The maximum atomic E-state index is 12.4. The quantitative estimate of drug-likeness (QED) is 0.549. The standard InChI is InChI=1S/C22H17N3O3/c1-14(21(26)24-17-11-10-15-6-2-3-7-16(15)12-17)28-22(27)20-13-23-18-8-4-5-9-19(18)25-20/h2-14H,1H3,(H,24,26). The van der Waals surface area contributed by atoms with Crippen LogP contribution in [0.3, 0.4) is 0 Å². The van der Waals surface area contributed by atoms with Crippen molar-refractivity contribution in [3.05, 3.63) is 78.6 Å². The van der Waals surface area contributed by atoms with Crippen molar-refractivity contribution < 1.29 is 14.3 Å². The molecule has 0 aliphatic rings. The first-order chi connectivity index (χ1) is 13.6. The lowest BCUT2D eigenvalue weighted by Gasteiger charge is -2.13. The van der Waals surface area contributed by atoms with Crippen molar-refractivity contribution in [3.8, 4) is 0 Å². The summed E-state index contributed by atoms with van der Waals surface area (Å²) in [6.07, 6.45) is 0.366. The number of hydrogen-bond donors (Lipinski definition) is 1. The fraction of sp³-hybridized carbons (Fsp3) is 0.0909. The predicted molar refractivity (Wildman–Crippen MR) is 107 cm³/mol. The first-order valence-corrected chi connectivity index (χ1v) is 8.82. The molecular formula is C22H17N3O3. The van der Waals surface area contributed by atoms with E-state index in [4.69, 9.17) is 4.74 Å². The molecule has 0 aliphatic heterocycles. The van der Waals surface area contributed by atoms with Gasteiger partial charge in [-0.15, -0.1) is 0 Å². The van der Waals surface area contributed by atoms with E-state index in [0.29, 0.717) is 16.7 Å². The number of aromatic nitrogens is 2. The SMILES string of the molecule is CC(OC(=O)c1cnc2ccccc2n1)C(=O)Nc1ccc2ccccc2c1. The summed E-state index contributed by atoms with van der Waals surface area (Å²) in [4.78, 5) is 33.2. The van der Waals surface area contributed by atoms with Gasteiger partial charge >= 0.3 is 5.97 Å². The predicted octanol–water partition coefficient (Wildman–Crippen LogP) is 3.97. The Morgan fingerprint density at radius 1 is 0.929 bits per heavy atom. The van der Waals surface area contributed by atoms with Crippen molar-refractivity contribution in [2.24, 2.45) is 0 Å². The Morgan fingerprint density at radius 2 is 1.64 bits per heavy atom. The highest BCUT2D eigenvalue weighted by Crippen LogP contribution is 2.19. The number of anilines is 1. The van der Waals surface area contributed by atoms with Gasteiger partial charge in [-0.3, -0.25) is 9.78 Å². The average molecular weight is 371 g/mol. The molecule has 1 amide bonds. The Labute approximate surface area is 161 Å². The lowest BCUT2D eigenvalue weighted by atomic mass is 10.1. The summed E-state index contributed by atoms with van der Waals surface area (Å²) in [5.74, 6) is -1.11. The zero-order valence-electron chi connectivity index (χ0n) is 15.1. The summed E-state index contributed by atoms with van der Waals surface area (Å²) < 4.78 is 5.25. The van der Waals surface area contributed by atoms with Gasteiger partial charge in [-0.25, -0.2) is 9.78 Å². The number of nitrogens with one attached hydrogen (secondary N) is 1. The van der Waals surface area contributed by atoms with E-state index in [1.165, 1.54) is 13.1 Å². The molecular weight excluding hydrogens is 354 g/mol. The van der Waals surface area contributed by atoms with Crippen molar-refractivity contribution >= 4 is 39.4 Å². The van der Waals surface area contributed by atoms with Crippen LogP contribution in [0.4, 0.5) is 5.69 Å². The number of nitrogens with zero attached hydrogens (tertiary/aromatic N) is 2. The van der Waals surface area contributed by atoms with E-state index in [0.717, 1.165) is 10.8 Å². The van der Waals surface area contributed by atoms with E-state index in [1.54, 1.807) is 12.1 Å². The van der Waals surface area contributed by atoms with Gasteiger partial charge in [0, 0.05) is 5.69 Å². The number of rotatable bonds is 4. The summed E-state index contributed by atoms with van der Waals surface area (Å²) in [6, 6.07) is 20.7. The zero-order chi connectivity index (χ0) is 19.5. The molecule has 1 atom stereocenters. The number of amides is 1. The highest BCUT2D eigenvalue weighted by molar-refractivity contribution is 5.98. The van der Waals surface area contributed by atoms with Crippen molar-refractivity contribution in [2.75, 3.05) is 5.32 Å². The third kappa shape index (κ3) is 3.66. The van der Waals surface area contributed by atoms with Crippen molar-refractivity contribution in [1.29, 1.82) is 0 Å². The van der Waals surface area contributed by atoms with E-state index in [-0.39, 0.29) is 5.69 Å². The summed E-state index contributed by atoms with van der Waals surface area (Å²) in [7, 11) is 0. The maximum Gasteiger partial charge on any atom is 0.359 e. The second kappa shape index (κ2) is 7.44. The van der Waals surface area contributed by atoms with Gasteiger partial charge in [0.2, 0.25) is 0 Å². The van der Waals surface area contributed by atoms with Gasteiger partial charge in [0.25, 0.3) is 5.91 Å². The van der Waals surface area contributed by atoms with Gasteiger partial charge < -0.3 is 10.1 Å². The fourth-order valence-electron chi connectivity index (χ4n) is 2.84. The zero-order valence-corrected chi connectivity index (χ0v) is 15.1. The summed E-state index contributed by atoms with van der Waals surface area (Å²) in [5.41, 5.74) is 1.97. The minimum absolute atomic E-state index is 0.0593. The lowest BCUT2D eigenvalue weighted by molar-refractivity contribution is -0.123. The van der Waals surface area contributed by atoms with Crippen LogP contribution in [0.15, 0.2) is 72.9 Å². The van der Waals surface area contributed by atoms with Gasteiger partial charge in [0.05, 0.1) is 17.2 Å². The first kappa shape index (κ1) is 17.6. The van der Waals surface area contributed by atoms with E-state index < -0.39 is 18.0 Å². The number of carbonyl (C=O) groups is 2. The Morgan fingerprint density at radius 3 is 2.46 bits per heavy atom. The van der Waals surface area contributed by atoms with Crippen LogP contribution < -0.4 is 5.32 Å². The third-order valence-electron chi connectivity index (χ3n) is 4.33. The average Bonchev–Trinajstić information content (AvgIpc) is 2.73. The van der Waals surface area contributed by atoms with Gasteiger partial charge in [-0.05, 0) is 42.0 Å². The Hall–Kier alpha value is -3.80. The number of carbonyl (C=O) groups excluding carboxylic acids is 2. The largest absolute Gasteiger partial charge is 0.448 e. The van der Waals surface area contributed by atoms with Crippen LogP contribution in [-0.4, -0.2) is 27.9 Å². The van der Waals surface area contributed by atoms with Crippen LogP contribution in [-0.2, 0) is 9.53 Å². The van der Waals surface area contributed by atoms with Crippen LogP contribution in [0.1, 0.15) is 17.4 Å². The smallest absolute Gasteiger partial charge is 0.359 e. The molecule has 0 spiro atoms. The molecule has 0 saturated heterocycles. The molecule has 0 radical (unpaired) electrons. The first-order valence-electron chi connectivity index (χ1n) is 8.82. The number of hydrogen-bond acceptors (Lipinski definition) is 5. The summed E-state index contributed by atoms with van der Waals surface area (Å²) in [6.45, 7) is 1.52. The van der Waals surface area contributed by atoms with Crippen LogP contribution >= 0.6 is 0 Å². The third-order valence-corrected chi connectivity index (χ3v) is 4.33. The molecule has 6 heteroatoms. The molecule has 1 unspecified atom stereocenters. The maximum absolute atomic E-state index is 12.4. The molecule has 6 nitrogen and oxygen atoms in total. The van der Waals surface area contributed by atoms with Crippen LogP contribution in [0.2, 0.25) is 0 Å². The summed E-state index contributed by atoms with van der Waals surface area (Å²) >= 11 is 0. The van der Waals surface area contributed by atoms with Gasteiger partial charge in [-0.2, -0.15) is 0 Å². The number of ether oxygens (including phenoxy) is 1. The fourth-order valence-corrected chi connectivity index (χ4v) is 2.84. The lowest BCUT2D eigenvalue weighted by Crippen LogP contribution is -2.30. The highest BCUT2D eigenvalue weighted by Gasteiger charge is 2.20. The van der Waals surface area contributed by atoms with Gasteiger partial charge in [-0.1, -0.05) is 42.5 Å². The van der Waals surface area contributed by atoms with Crippen LogP contribution in [0.5, 0.6) is 0 Å². The van der Waals surface area contributed by atoms with Crippen molar-refractivity contribution in [3.63, 3.8) is 0 Å². The van der Waals surface area contributed by atoms with E-state index in [9.17, 15) is 9.59 Å².